The van der Waals surface area contributed by atoms with Crippen LogP contribution in [0.15, 0.2) is 38.1 Å². The first-order chi connectivity index (χ1) is 11.0. The van der Waals surface area contributed by atoms with E-state index in [4.69, 9.17) is 4.42 Å². The summed E-state index contributed by atoms with van der Waals surface area (Å²) < 4.78 is 5.59. The van der Waals surface area contributed by atoms with Crippen LogP contribution in [0.3, 0.4) is 0 Å². The van der Waals surface area contributed by atoms with E-state index in [1.54, 1.807) is 30.4 Å². The van der Waals surface area contributed by atoms with Crippen molar-refractivity contribution in [2.24, 2.45) is 0 Å². The van der Waals surface area contributed by atoms with E-state index in [9.17, 15) is 10.1 Å². The van der Waals surface area contributed by atoms with E-state index < -0.39 is 4.92 Å². The highest BCUT2D eigenvalue weighted by Crippen LogP contribution is 2.30. The minimum atomic E-state index is -0.398. The molecular formula is C14H12N4O3S2. The van der Waals surface area contributed by atoms with Crippen molar-refractivity contribution < 1.29 is 9.34 Å². The number of hydrogen-bond donors (Lipinski definition) is 0. The van der Waals surface area contributed by atoms with Crippen LogP contribution >= 0.6 is 23.1 Å². The number of thiazole rings is 1. The Morgan fingerprint density at radius 3 is 2.83 bits per heavy atom. The highest BCUT2D eigenvalue weighted by Gasteiger charge is 2.14. The molecule has 0 amide bonds. The Hall–Kier alpha value is -2.26. The number of aromatic nitrogens is 3. The van der Waals surface area contributed by atoms with Gasteiger partial charge in [-0.25, -0.2) is 4.98 Å². The molecular weight excluding hydrogens is 336 g/mol. The monoisotopic (exact) mass is 348 g/mol. The molecule has 1 aromatic carbocycles. The fourth-order valence-electron chi connectivity index (χ4n) is 1.99. The van der Waals surface area contributed by atoms with E-state index in [0.717, 1.165) is 15.6 Å². The third-order valence-electron chi connectivity index (χ3n) is 3.02. The molecule has 2 heterocycles. The van der Waals surface area contributed by atoms with Gasteiger partial charge in [0.25, 0.3) is 10.9 Å². The molecule has 2 aromatic heterocycles. The van der Waals surface area contributed by atoms with Crippen molar-refractivity contribution in [2.45, 2.75) is 30.4 Å². The minimum Gasteiger partial charge on any atom is -0.415 e. The molecule has 0 spiro atoms. The van der Waals surface area contributed by atoms with E-state index in [2.05, 4.69) is 15.2 Å². The Morgan fingerprint density at radius 2 is 2.17 bits per heavy atom. The van der Waals surface area contributed by atoms with Gasteiger partial charge < -0.3 is 4.42 Å². The molecule has 0 bridgehead atoms. The number of nitro groups is 1. The number of hydrogen-bond acceptors (Lipinski definition) is 8. The predicted octanol–water partition coefficient (Wildman–Crippen LogP) is 3.79. The second kappa shape index (κ2) is 6.47. The lowest BCUT2D eigenvalue weighted by molar-refractivity contribution is -0.385. The van der Waals surface area contributed by atoms with Crippen LogP contribution in [0.25, 0.3) is 0 Å². The fraction of sp³-hybridized carbons (Fsp3) is 0.214. The summed E-state index contributed by atoms with van der Waals surface area (Å²) in [6.45, 7) is 3.65. The maximum absolute atomic E-state index is 10.8. The lowest BCUT2D eigenvalue weighted by Crippen LogP contribution is -1.91. The third-order valence-corrected chi connectivity index (χ3v) is 4.67. The molecule has 0 atom stereocenters. The van der Waals surface area contributed by atoms with Crippen LogP contribution in [0, 0.1) is 24.0 Å². The van der Waals surface area contributed by atoms with Gasteiger partial charge in [0, 0.05) is 21.9 Å². The number of rotatable bonds is 5. The van der Waals surface area contributed by atoms with Crippen LogP contribution in [0.5, 0.6) is 0 Å². The van der Waals surface area contributed by atoms with Gasteiger partial charge in [-0.15, -0.1) is 21.5 Å². The van der Waals surface area contributed by atoms with Crippen LogP contribution in [0.4, 0.5) is 5.69 Å². The number of aryl methyl sites for hydroxylation is 2. The highest BCUT2D eigenvalue weighted by atomic mass is 32.2. The van der Waals surface area contributed by atoms with Gasteiger partial charge in [0.15, 0.2) is 0 Å². The first kappa shape index (κ1) is 15.6. The number of nitrogens with zero attached hydrogens (tertiary/aromatic N) is 4. The quantitative estimate of drug-likeness (QED) is 0.511. The van der Waals surface area contributed by atoms with E-state index in [1.807, 2.05) is 12.3 Å². The summed E-state index contributed by atoms with van der Waals surface area (Å²) in [5.74, 6) is 0.497. The smallest absolute Gasteiger partial charge is 0.281 e. The molecule has 3 aromatic rings. The largest absolute Gasteiger partial charge is 0.415 e. The van der Waals surface area contributed by atoms with Crippen LogP contribution in [-0.2, 0) is 6.42 Å². The van der Waals surface area contributed by atoms with Crippen molar-refractivity contribution in [3.05, 3.63) is 55.8 Å². The topological polar surface area (TPSA) is 95.0 Å². The Balaban J connectivity index is 1.71. The fourth-order valence-corrected chi connectivity index (χ4v) is 3.40. The maximum atomic E-state index is 10.8. The molecule has 0 fully saturated rings. The molecule has 118 valence electrons. The molecule has 0 aliphatic heterocycles. The first-order valence-corrected chi connectivity index (χ1v) is 8.37. The zero-order valence-corrected chi connectivity index (χ0v) is 14.0. The van der Waals surface area contributed by atoms with Crippen molar-refractivity contribution >= 4 is 28.8 Å². The van der Waals surface area contributed by atoms with Crippen LogP contribution in [-0.4, -0.2) is 20.1 Å². The third kappa shape index (κ3) is 3.74. The summed E-state index contributed by atoms with van der Waals surface area (Å²) in [6, 6.07) is 4.88. The Labute approximate surface area is 139 Å². The summed E-state index contributed by atoms with van der Waals surface area (Å²) in [4.78, 5) is 15.6. The van der Waals surface area contributed by atoms with Gasteiger partial charge >= 0.3 is 0 Å². The average molecular weight is 348 g/mol. The lowest BCUT2D eigenvalue weighted by atomic mass is 10.2. The molecule has 0 saturated carbocycles. The van der Waals surface area contributed by atoms with Crippen molar-refractivity contribution in [2.75, 3.05) is 0 Å². The van der Waals surface area contributed by atoms with E-state index >= 15 is 0 Å². The van der Waals surface area contributed by atoms with Crippen molar-refractivity contribution in [3.8, 4) is 0 Å². The number of benzene rings is 1. The van der Waals surface area contributed by atoms with E-state index in [0.29, 0.717) is 23.1 Å². The SMILES string of the molecule is Cc1nc(Cc2nnc(Sc3ccc([N+](=O)[O-])c(C)c3)o2)cs1. The molecule has 3 rings (SSSR count). The zero-order valence-electron chi connectivity index (χ0n) is 12.3. The summed E-state index contributed by atoms with van der Waals surface area (Å²) in [5, 5.41) is 22.2. The minimum absolute atomic E-state index is 0.0967. The number of nitro benzene ring substituents is 1. The molecule has 0 N–H and O–H groups in total. The summed E-state index contributed by atoms with van der Waals surface area (Å²) >= 11 is 2.86. The highest BCUT2D eigenvalue weighted by molar-refractivity contribution is 7.99. The maximum Gasteiger partial charge on any atom is 0.281 e. The van der Waals surface area contributed by atoms with Gasteiger partial charge in [0.05, 0.1) is 22.0 Å². The van der Waals surface area contributed by atoms with Crippen molar-refractivity contribution in [1.29, 1.82) is 0 Å². The van der Waals surface area contributed by atoms with Crippen molar-refractivity contribution in [3.63, 3.8) is 0 Å². The normalized spacial score (nSPS) is 10.9. The standard InChI is InChI=1S/C14H12N4O3S2/c1-8-5-11(3-4-12(8)18(19)20)23-14-17-16-13(21-14)6-10-7-22-9(2)15-10/h3-5,7H,6H2,1-2H3. The lowest BCUT2D eigenvalue weighted by Gasteiger charge is -2.00. The summed E-state index contributed by atoms with van der Waals surface area (Å²) in [6.07, 6.45) is 0.497. The second-order valence-electron chi connectivity index (χ2n) is 4.80. The molecule has 0 unspecified atom stereocenters. The van der Waals surface area contributed by atoms with Gasteiger partial charge in [-0.2, -0.15) is 0 Å². The molecule has 0 aliphatic rings. The van der Waals surface area contributed by atoms with Crippen LogP contribution in [0.2, 0.25) is 0 Å². The summed E-state index contributed by atoms with van der Waals surface area (Å²) in [7, 11) is 0. The zero-order chi connectivity index (χ0) is 16.4. The molecule has 0 radical (unpaired) electrons. The molecule has 23 heavy (non-hydrogen) atoms. The van der Waals surface area contributed by atoms with E-state index in [1.165, 1.54) is 17.8 Å². The first-order valence-electron chi connectivity index (χ1n) is 6.67. The average Bonchev–Trinajstić information content (AvgIpc) is 3.08. The van der Waals surface area contributed by atoms with Gasteiger partial charge in [-0.3, -0.25) is 10.1 Å². The Morgan fingerprint density at radius 1 is 1.35 bits per heavy atom. The van der Waals surface area contributed by atoms with Crippen LogP contribution < -0.4 is 0 Å². The second-order valence-corrected chi connectivity index (χ2v) is 6.89. The Bertz CT molecular complexity index is 859. The van der Waals surface area contributed by atoms with Gasteiger partial charge in [-0.05, 0) is 37.7 Å². The molecule has 9 heteroatoms. The molecule has 0 aliphatic carbocycles. The summed E-state index contributed by atoms with van der Waals surface area (Å²) in [5.41, 5.74) is 1.59. The van der Waals surface area contributed by atoms with Crippen molar-refractivity contribution in [1.82, 2.24) is 15.2 Å². The van der Waals surface area contributed by atoms with Gasteiger partial charge in [-0.1, -0.05) is 0 Å². The Kier molecular flexibility index (Phi) is 4.39. The molecule has 7 nitrogen and oxygen atoms in total. The van der Waals surface area contributed by atoms with E-state index in [-0.39, 0.29) is 5.69 Å². The molecule has 0 saturated heterocycles. The van der Waals surface area contributed by atoms with Gasteiger partial charge in [0.2, 0.25) is 5.89 Å². The van der Waals surface area contributed by atoms with Crippen LogP contribution in [0.1, 0.15) is 22.2 Å². The predicted molar refractivity (Wildman–Crippen MR) is 85.9 cm³/mol. The van der Waals surface area contributed by atoms with Gasteiger partial charge in [0.1, 0.15) is 0 Å².